The van der Waals surface area contributed by atoms with E-state index in [-0.39, 0.29) is 11.9 Å². The van der Waals surface area contributed by atoms with Crippen LogP contribution in [-0.4, -0.2) is 43.6 Å². The lowest BCUT2D eigenvalue weighted by Gasteiger charge is -2.34. The number of likely N-dealkylation sites (N-methyl/N-ethyl adjacent to an activating group) is 1. The normalized spacial score (nSPS) is 21.4. The van der Waals surface area contributed by atoms with Crippen molar-refractivity contribution >= 4 is 22.4 Å². The summed E-state index contributed by atoms with van der Waals surface area (Å²) in [5.74, 6) is 0.0393. The first-order valence-corrected chi connectivity index (χ1v) is 5.79. The van der Waals surface area contributed by atoms with E-state index < -0.39 is 0 Å². The van der Waals surface area contributed by atoms with E-state index in [1.807, 2.05) is 5.38 Å². The molecule has 0 bridgehead atoms. The van der Waals surface area contributed by atoms with Crippen molar-refractivity contribution in [2.75, 3.05) is 31.6 Å². The van der Waals surface area contributed by atoms with Gasteiger partial charge >= 0.3 is 0 Å². The molecular formula is C9H14N4OS. The molecule has 2 heterocycles. The largest absolute Gasteiger partial charge is 0.357 e. The molecule has 82 valence electrons. The summed E-state index contributed by atoms with van der Waals surface area (Å²) in [5, 5.41) is 8.75. The molecule has 1 aromatic heterocycles. The Balaban J connectivity index is 2.16. The molecule has 2 rings (SSSR count). The zero-order valence-electron chi connectivity index (χ0n) is 8.56. The van der Waals surface area contributed by atoms with Crippen LogP contribution in [0.15, 0.2) is 11.6 Å². The summed E-state index contributed by atoms with van der Waals surface area (Å²) >= 11 is 1.57. The molecule has 0 aromatic carbocycles. The third kappa shape index (κ3) is 2.10. The van der Waals surface area contributed by atoms with Crippen LogP contribution in [0.4, 0.5) is 5.13 Å². The van der Waals surface area contributed by atoms with Crippen LogP contribution in [0.25, 0.3) is 0 Å². The van der Waals surface area contributed by atoms with Gasteiger partial charge in [-0.15, -0.1) is 11.3 Å². The fourth-order valence-corrected chi connectivity index (χ4v) is 2.41. The van der Waals surface area contributed by atoms with Crippen molar-refractivity contribution < 1.29 is 4.79 Å². The SMILES string of the molecule is CNC(=O)C1CNCCN1c1nccs1. The first kappa shape index (κ1) is 10.4. The highest BCUT2D eigenvalue weighted by molar-refractivity contribution is 7.13. The third-order valence-corrected chi connectivity index (χ3v) is 3.27. The predicted molar refractivity (Wildman–Crippen MR) is 60.2 cm³/mol. The maximum absolute atomic E-state index is 11.7. The molecule has 5 nitrogen and oxygen atoms in total. The molecule has 1 aromatic rings. The molecule has 1 atom stereocenters. The minimum atomic E-state index is -0.144. The highest BCUT2D eigenvalue weighted by atomic mass is 32.1. The van der Waals surface area contributed by atoms with Crippen LogP contribution < -0.4 is 15.5 Å². The second-order valence-corrected chi connectivity index (χ2v) is 4.22. The quantitative estimate of drug-likeness (QED) is 0.725. The number of hydrogen-bond acceptors (Lipinski definition) is 5. The van der Waals surface area contributed by atoms with Crippen molar-refractivity contribution in [1.82, 2.24) is 15.6 Å². The first-order chi connectivity index (χ1) is 7.33. The number of rotatable bonds is 2. The fourth-order valence-electron chi connectivity index (χ4n) is 1.69. The van der Waals surface area contributed by atoms with Crippen molar-refractivity contribution in [2.24, 2.45) is 0 Å². The van der Waals surface area contributed by atoms with Crippen molar-refractivity contribution in [3.8, 4) is 0 Å². The number of carbonyl (C=O) groups is 1. The summed E-state index contributed by atoms with van der Waals surface area (Å²) in [5.41, 5.74) is 0. The molecule has 15 heavy (non-hydrogen) atoms. The predicted octanol–water partition coefficient (Wildman–Crippen LogP) is -0.333. The van der Waals surface area contributed by atoms with Gasteiger partial charge < -0.3 is 15.5 Å². The Morgan fingerprint density at radius 2 is 2.67 bits per heavy atom. The molecule has 0 radical (unpaired) electrons. The highest BCUT2D eigenvalue weighted by Gasteiger charge is 2.29. The zero-order valence-corrected chi connectivity index (χ0v) is 9.38. The van der Waals surface area contributed by atoms with Gasteiger partial charge in [-0.3, -0.25) is 4.79 Å². The summed E-state index contributed by atoms with van der Waals surface area (Å²) in [6, 6.07) is -0.144. The van der Waals surface area contributed by atoms with E-state index in [0.29, 0.717) is 6.54 Å². The Morgan fingerprint density at radius 3 is 3.33 bits per heavy atom. The van der Waals surface area contributed by atoms with E-state index in [1.165, 1.54) is 0 Å². The molecular weight excluding hydrogens is 212 g/mol. The number of piperazine rings is 1. The van der Waals surface area contributed by atoms with Crippen LogP contribution in [-0.2, 0) is 4.79 Å². The molecule has 0 saturated carbocycles. The molecule has 0 spiro atoms. The third-order valence-electron chi connectivity index (χ3n) is 2.46. The Kier molecular flexibility index (Phi) is 3.17. The van der Waals surface area contributed by atoms with E-state index >= 15 is 0 Å². The second-order valence-electron chi connectivity index (χ2n) is 3.34. The number of carbonyl (C=O) groups excluding carboxylic acids is 1. The maximum Gasteiger partial charge on any atom is 0.243 e. The number of nitrogens with zero attached hydrogens (tertiary/aromatic N) is 2. The van der Waals surface area contributed by atoms with E-state index in [9.17, 15) is 4.79 Å². The smallest absolute Gasteiger partial charge is 0.243 e. The average molecular weight is 226 g/mol. The van der Waals surface area contributed by atoms with E-state index in [4.69, 9.17) is 0 Å². The molecule has 1 unspecified atom stereocenters. The van der Waals surface area contributed by atoms with Crippen LogP contribution in [0, 0.1) is 0 Å². The molecule has 1 fully saturated rings. The van der Waals surface area contributed by atoms with E-state index in [2.05, 4.69) is 20.5 Å². The Bertz CT molecular complexity index is 327. The maximum atomic E-state index is 11.7. The number of hydrogen-bond donors (Lipinski definition) is 2. The van der Waals surface area contributed by atoms with Gasteiger partial charge in [0.05, 0.1) is 0 Å². The summed E-state index contributed by atoms with van der Waals surface area (Å²) in [4.78, 5) is 18.0. The number of amides is 1. The zero-order chi connectivity index (χ0) is 10.7. The highest BCUT2D eigenvalue weighted by Crippen LogP contribution is 2.20. The van der Waals surface area contributed by atoms with Gasteiger partial charge in [-0.1, -0.05) is 0 Å². The van der Waals surface area contributed by atoms with Crippen molar-refractivity contribution in [3.63, 3.8) is 0 Å². The van der Waals surface area contributed by atoms with Gasteiger partial charge in [0.2, 0.25) is 5.91 Å². The summed E-state index contributed by atoms with van der Waals surface area (Å²) < 4.78 is 0. The molecule has 1 aliphatic rings. The fraction of sp³-hybridized carbons (Fsp3) is 0.556. The van der Waals surface area contributed by atoms with E-state index in [1.54, 1.807) is 24.6 Å². The number of nitrogens with one attached hydrogen (secondary N) is 2. The first-order valence-electron chi connectivity index (χ1n) is 4.91. The van der Waals surface area contributed by atoms with Crippen LogP contribution in [0.2, 0.25) is 0 Å². The van der Waals surface area contributed by atoms with Crippen LogP contribution >= 0.6 is 11.3 Å². The molecule has 1 aliphatic heterocycles. The summed E-state index contributed by atoms with van der Waals surface area (Å²) in [6.07, 6.45) is 1.77. The van der Waals surface area contributed by atoms with Crippen molar-refractivity contribution in [1.29, 1.82) is 0 Å². The molecule has 1 saturated heterocycles. The molecule has 1 amide bonds. The Labute approximate surface area is 92.5 Å². The lowest BCUT2D eigenvalue weighted by Crippen LogP contribution is -2.57. The van der Waals surface area contributed by atoms with Crippen LogP contribution in [0.3, 0.4) is 0 Å². The van der Waals surface area contributed by atoms with Gasteiger partial charge in [-0.05, 0) is 0 Å². The Hall–Kier alpha value is -1.14. The van der Waals surface area contributed by atoms with Crippen molar-refractivity contribution in [2.45, 2.75) is 6.04 Å². The van der Waals surface area contributed by atoms with Gasteiger partial charge in [0.25, 0.3) is 0 Å². The summed E-state index contributed by atoms with van der Waals surface area (Å²) in [6.45, 7) is 2.40. The Morgan fingerprint density at radius 1 is 1.80 bits per heavy atom. The summed E-state index contributed by atoms with van der Waals surface area (Å²) in [7, 11) is 1.66. The van der Waals surface area contributed by atoms with Gasteiger partial charge in [-0.2, -0.15) is 0 Å². The number of thiazole rings is 1. The average Bonchev–Trinajstić information content (AvgIpc) is 2.81. The van der Waals surface area contributed by atoms with Gasteiger partial charge in [0.1, 0.15) is 6.04 Å². The van der Waals surface area contributed by atoms with E-state index in [0.717, 1.165) is 18.2 Å². The molecule has 0 aliphatic carbocycles. The van der Waals surface area contributed by atoms with Gasteiger partial charge in [-0.25, -0.2) is 4.98 Å². The van der Waals surface area contributed by atoms with Gasteiger partial charge in [0.15, 0.2) is 5.13 Å². The van der Waals surface area contributed by atoms with Crippen LogP contribution in [0.5, 0.6) is 0 Å². The number of aromatic nitrogens is 1. The van der Waals surface area contributed by atoms with Crippen LogP contribution in [0.1, 0.15) is 0 Å². The minimum Gasteiger partial charge on any atom is -0.357 e. The monoisotopic (exact) mass is 226 g/mol. The lowest BCUT2D eigenvalue weighted by molar-refractivity contribution is -0.122. The topological polar surface area (TPSA) is 57.3 Å². The molecule has 2 N–H and O–H groups in total. The lowest BCUT2D eigenvalue weighted by atomic mass is 10.2. The second kappa shape index (κ2) is 4.59. The molecule has 6 heteroatoms. The standard InChI is InChI=1S/C9H14N4OS/c1-10-8(14)7-6-11-2-4-13(7)9-12-3-5-15-9/h3,5,7,11H,2,4,6H2,1H3,(H,10,14). The minimum absolute atomic E-state index is 0.0393. The van der Waals surface area contributed by atoms with Gasteiger partial charge in [0, 0.05) is 38.3 Å². The van der Waals surface area contributed by atoms with Crippen molar-refractivity contribution in [3.05, 3.63) is 11.6 Å². The number of anilines is 1.